The highest BCUT2D eigenvalue weighted by Crippen LogP contribution is 2.24. The predicted octanol–water partition coefficient (Wildman–Crippen LogP) is 4.65. The highest BCUT2D eigenvalue weighted by atomic mass is 16.5. The van der Waals surface area contributed by atoms with Crippen LogP contribution in [0.25, 0.3) is 11.0 Å². The largest absolute Gasteiger partial charge is 0.484 e. The average Bonchev–Trinajstić information content (AvgIpc) is 3.08. The summed E-state index contributed by atoms with van der Waals surface area (Å²) in [4.78, 5) is 12.0. The summed E-state index contributed by atoms with van der Waals surface area (Å²) < 4.78 is 11.2. The standard InChI is InChI=1S/C22H24N2O3/c1-15(20-13-16-7-5-6-8-19(16)27-20)23-24-21(25)14-26-18-11-9-17(10-12-18)22(2,3)4/h5-13H,14H2,1-4H3,(H,24,25). The van der Waals surface area contributed by atoms with E-state index in [9.17, 15) is 4.79 Å². The number of hydrogen-bond donors (Lipinski definition) is 1. The topological polar surface area (TPSA) is 63.8 Å². The van der Waals surface area contributed by atoms with E-state index in [4.69, 9.17) is 9.15 Å². The van der Waals surface area contributed by atoms with Gasteiger partial charge in [0.2, 0.25) is 0 Å². The summed E-state index contributed by atoms with van der Waals surface area (Å²) in [5.74, 6) is 0.941. The summed E-state index contributed by atoms with van der Waals surface area (Å²) in [5, 5.41) is 5.09. The first-order valence-electron chi connectivity index (χ1n) is 8.88. The summed E-state index contributed by atoms with van der Waals surface area (Å²) in [6, 6.07) is 17.4. The molecule has 1 amide bonds. The van der Waals surface area contributed by atoms with E-state index in [1.807, 2.05) is 54.6 Å². The van der Waals surface area contributed by atoms with E-state index in [0.717, 1.165) is 11.0 Å². The predicted molar refractivity (Wildman–Crippen MR) is 107 cm³/mol. The second kappa shape index (κ2) is 7.66. The molecule has 3 rings (SSSR count). The lowest BCUT2D eigenvalue weighted by atomic mass is 9.87. The maximum Gasteiger partial charge on any atom is 0.277 e. The number of hydrogen-bond acceptors (Lipinski definition) is 4. The molecule has 0 spiro atoms. The zero-order chi connectivity index (χ0) is 19.4. The molecule has 0 aliphatic rings. The van der Waals surface area contributed by atoms with Crippen LogP contribution in [-0.2, 0) is 10.2 Å². The fourth-order valence-corrected chi connectivity index (χ4v) is 2.59. The minimum atomic E-state index is -0.328. The van der Waals surface area contributed by atoms with Crippen LogP contribution in [0.4, 0.5) is 0 Å². The first-order chi connectivity index (χ1) is 12.8. The van der Waals surface area contributed by atoms with E-state index in [1.54, 1.807) is 6.92 Å². The van der Waals surface area contributed by atoms with Crippen LogP contribution in [0.5, 0.6) is 5.75 Å². The maximum atomic E-state index is 12.0. The lowest BCUT2D eigenvalue weighted by Crippen LogP contribution is -2.25. The van der Waals surface area contributed by atoms with Crippen LogP contribution < -0.4 is 10.2 Å². The van der Waals surface area contributed by atoms with Crippen LogP contribution in [-0.4, -0.2) is 18.2 Å². The molecule has 5 nitrogen and oxygen atoms in total. The quantitative estimate of drug-likeness (QED) is 0.529. The molecule has 27 heavy (non-hydrogen) atoms. The van der Waals surface area contributed by atoms with Crippen molar-refractivity contribution in [2.45, 2.75) is 33.1 Å². The molecule has 0 saturated carbocycles. The third kappa shape index (κ3) is 4.76. The number of para-hydroxylation sites is 1. The monoisotopic (exact) mass is 364 g/mol. The molecule has 140 valence electrons. The Morgan fingerprint density at radius 3 is 2.48 bits per heavy atom. The van der Waals surface area contributed by atoms with Gasteiger partial charge in [-0.2, -0.15) is 5.10 Å². The van der Waals surface area contributed by atoms with Crippen molar-refractivity contribution in [3.05, 3.63) is 65.9 Å². The molecular weight excluding hydrogens is 340 g/mol. The summed E-state index contributed by atoms with van der Waals surface area (Å²) in [5.41, 5.74) is 5.17. The number of nitrogens with zero attached hydrogens (tertiary/aromatic N) is 1. The zero-order valence-corrected chi connectivity index (χ0v) is 16.1. The number of ether oxygens (including phenoxy) is 1. The zero-order valence-electron chi connectivity index (χ0n) is 16.1. The van der Waals surface area contributed by atoms with Crippen molar-refractivity contribution in [1.29, 1.82) is 0 Å². The fraction of sp³-hybridized carbons (Fsp3) is 0.273. The third-order valence-electron chi connectivity index (χ3n) is 4.22. The Balaban J connectivity index is 1.55. The molecule has 0 bridgehead atoms. The van der Waals surface area contributed by atoms with E-state index in [-0.39, 0.29) is 17.9 Å². The van der Waals surface area contributed by atoms with Gasteiger partial charge in [-0.3, -0.25) is 4.79 Å². The second-order valence-corrected chi connectivity index (χ2v) is 7.44. The van der Waals surface area contributed by atoms with Crippen LogP contribution in [0.3, 0.4) is 0 Å². The molecule has 2 aromatic carbocycles. The van der Waals surface area contributed by atoms with Crippen molar-refractivity contribution in [3.63, 3.8) is 0 Å². The van der Waals surface area contributed by atoms with Gasteiger partial charge < -0.3 is 9.15 Å². The van der Waals surface area contributed by atoms with Crippen LogP contribution in [0.2, 0.25) is 0 Å². The molecule has 0 aliphatic heterocycles. The third-order valence-corrected chi connectivity index (χ3v) is 4.22. The van der Waals surface area contributed by atoms with Crippen molar-refractivity contribution < 1.29 is 13.9 Å². The Hall–Kier alpha value is -3.08. The lowest BCUT2D eigenvalue weighted by Gasteiger charge is -2.19. The summed E-state index contributed by atoms with van der Waals surface area (Å²) in [6.45, 7) is 8.13. The molecule has 0 fully saturated rings. The van der Waals surface area contributed by atoms with Gasteiger partial charge in [-0.05, 0) is 42.2 Å². The molecule has 1 aromatic heterocycles. The van der Waals surface area contributed by atoms with Gasteiger partial charge in [-0.25, -0.2) is 5.43 Å². The van der Waals surface area contributed by atoms with Crippen molar-refractivity contribution in [1.82, 2.24) is 5.43 Å². The number of nitrogens with one attached hydrogen (secondary N) is 1. The highest BCUT2D eigenvalue weighted by molar-refractivity contribution is 6.00. The normalized spacial score (nSPS) is 12.2. The van der Waals surface area contributed by atoms with Gasteiger partial charge in [-0.15, -0.1) is 0 Å². The van der Waals surface area contributed by atoms with E-state index in [2.05, 4.69) is 31.3 Å². The second-order valence-electron chi connectivity index (χ2n) is 7.44. The summed E-state index contributed by atoms with van der Waals surface area (Å²) in [7, 11) is 0. The summed E-state index contributed by atoms with van der Waals surface area (Å²) >= 11 is 0. The van der Waals surface area contributed by atoms with Crippen LogP contribution in [0.1, 0.15) is 39.0 Å². The van der Waals surface area contributed by atoms with E-state index < -0.39 is 0 Å². The lowest BCUT2D eigenvalue weighted by molar-refractivity contribution is -0.123. The van der Waals surface area contributed by atoms with Gasteiger partial charge in [0.05, 0.1) is 0 Å². The Morgan fingerprint density at radius 1 is 1.11 bits per heavy atom. The smallest absolute Gasteiger partial charge is 0.277 e. The Bertz CT molecular complexity index is 930. The Labute approximate surface area is 159 Å². The van der Waals surface area contributed by atoms with Crippen LogP contribution in [0, 0.1) is 0 Å². The summed E-state index contributed by atoms with van der Waals surface area (Å²) in [6.07, 6.45) is 0. The Kier molecular flexibility index (Phi) is 5.31. The molecule has 5 heteroatoms. The van der Waals surface area contributed by atoms with Crippen molar-refractivity contribution >= 4 is 22.6 Å². The molecule has 0 saturated heterocycles. The molecule has 1 heterocycles. The van der Waals surface area contributed by atoms with E-state index in [0.29, 0.717) is 17.2 Å². The van der Waals surface area contributed by atoms with Gasteiger partial charge in [0.25, 0.3) is 5.91 Å². The molecule has 1 N–H and O–H groups in total. The minimum absolute atomic E-state index is 0.0821. The number of fused-ring (bicyclic) bond motifs is 1. The first-order valence-corrected chi connectivity index (χ1v) is 8.88. The first kappa shape index (κ1) is 18.7. The number of rotatable bonds is 5. The van der Waals surface area contributed by atoms with Crippen molar-refractivity contribution in [3.8, 4) is 5.75 Å². The molecule has 0 unspecified atom stereocenters. The van der Waals surface area contributed by atoms with Crippen molar-refractivity contribution in [2.24, 2.45) is 5.10 Å². The number of benzene rings is 2. The van der Waals surface area contributed by atoms with Gasteiger partial charge >= 0.3 is 0 Å². The molecule has 0 atom stereocenters. The number of furan rings is 1. The number of carbonyl (C=O) groups is 1. The van der Waals surface area contributed by atoms with E-state index >= 15 is 0 Å². The fourth-order valence-electron chi connectivity index (χ4n) is 2.59. The molecule has 0 radical (unpaired) electrons. The van der Waals surface area contributed by atoms with Gasteiger partial charge in [0, 0.05) is 5.39 Å². The number of carbonyl (C=O) groups excluding carboxylic acids is 1. The molecular formula is C22H24N2O3. The van der Waals surface area contributed by atoms with Gasteiger partial charge in [0.15, 0.2) is 12.4 Å². The van der Waals surface area contributed by atoms with Crippen LogP contribution in [0.15, 0.2) is 64.1 Å². The maximum absolute atomic E-state index is 12.0. The number of amides is 1. The van der Waals surface area contributed by atoms with E-state index in [1.165, 1.54) is 5.56 Å². The van der Waals surface area contributed by atoms with Gasteiger partial charge in [-0.1, -0.05) is 51.1 Å². The Morgan fingerprint density at radius 2 is 1.81 bits per heavy atom. The number of hydrazone groups is 1. The average molecular weight is 364 g/mol. The molecule has 3 aromatic rings. The van der Waals surface area contributed by atoms with Gasteiger partial charge in [0.1, 0.15) is 17.0 Å². The molecule has 0 aliphatic carbocycles. The van der Waals surface area contributed by atoms with Crippen molar-refractivity contribution in [2.75, 3.05) is 6.61 Å². The minimum Gasteiger partial charge on any atom is -0.484 e. The van der Waals surface area contributed by atoms with Crippen LogP contribution >= 0.6 is 0 Å². The SMILES string of the molecule is CC(=NNC(=O)COc1ccc(C(C)(C)C)cc1)c1cc2ccccc2o1. The highest BCUT2D eigenvalue weighted by Gasteiger charge is 2.13.